The highest BCUT2D eigenvalue weighted by atomic mass is 32.2. The molecule has 1 saturated heterocycles. The van der Waals surface area contributed by atoms with E-state index in [1.165, 1.54) is 17.3 Å². The number of anilines is 2. The van der Waals surface area contributed by atoms with Crippen LogP contribution in [0.15, 0.2) is 82.7 Å². The SMILES string of the molecule is CCc1ccccc1N=C1SC(=Cc2ccc(N(C)C)cc2)C(=O)N1c1ccccc1CC. The lowest BCUT2D eigenvalue weighted by atomic mass is 10.1. The normalized spacial score (nSPS) is 16.1. The first-order valence-electron chi connectivity index (χ1n) is 11.3. The Morgan fingerprint density at radius 2 is 1.52 bits per heavy atom. The Balaban J connectivity index is 1.79. The minimum atomic E-state index is -0.0367. The van der Waals surface area contributed by atoms with Crippen molar-refractivity contribution < 1.29 is 4.79 Å². The topological polar surface area (TPSA) is 35.9 Å². The van der Waals surface area contributed by atoms with Gasteiger partial charge in [-0.05, 0) is 71.6 Å². The van der Waals surface area contributed by atoms with Gasteiger partial charge in [0.05, 0.1) is 16.3 Å². The van der Waals surface area contributed by atoms with Gasteiger partial charge in [-0.3, -0.25) is 9.69 Å². The van der Waals surface area contributed by atoms with Crippen molar-refractivity contribution in [3.8, 4) is 0 Å². The van der Waals surface area contributed by atoms with Crippen molar-refractivity contribution in [3.63, 3.8) is 0 Å². The molecule has 0 aromatic heterocycles. The van der Waals surface area contributed by atoms with Gasteiger partial charge in [-0.2, -0.15) is 0 Å². The Hall–Kier alpha value is -3.31. The lowest BCUT2D eigenvalue weighted by Gasteiger charge is -2.19. The van der Waals surface area contributed by atoms with Crippen LogP contribution in [0.3, 0.4) is 0 Å². The van der Waals surface area contributed by atoms with Gasteiger partial charge in [-0.15, -0.1) is 0 Å². The molecule has 3 aromatic carbocycles. The summed E-state index contributed by atoms with van der Waals surface area (Å²) in [7, 11) is 4.04. The molecule has 0 saturated carbocycles. The number of rotatable bonds is 6. The van der Waals surface area contributed by atoms with Gasteiger partial charge in [0.25, 0.3) is 5.91 Å². The molecule has 1 heterocycles. The molecule has 4 rings (SSSR count). The molecule has 1 fully saturated rings. The van der Waals surface area contributed by atoms with Crippen molar-refractivity contribution in [1.29, 1.82) is 0 Å². The molecule has 0 spiro atoms. The van der Waals surface area contributed by atoms with E-state index < -0.39 is 0 Å². The fraction of sp³-hybridized carbons (Fsp3) is 0.214. The molecule has 0 N–H and O–H groups in total. The largest absolute Gasteiger partial charge is 0.378 e. The van der Waals surface area contributed by atoms with Crippen LogP contribution < -0.4 is 9.80 Å². The molecule has 5 heteroatoms. The lowest BCUT2D eigenvalue weighted by Crippen LogP contribution is -2.29. The third-order valence-electron chi connectivity index (χ3n) is 5.72. The summed E-state index contributed by atoms with van der Waals surface area (Å²) in [6, 6.07) is 24.4. The summed E-state index contributed by atoms with van der Waals surface area (Å²) in [4.78, 5) is 23.1. The Morgan fingerprint density at radius 3 is 2.18 bits per heavy atom. The minimum Gasteiger partial charge on any atom is -0.378 e. The number of hydrogen-bond acceptors (Lipinski definition) is 4. The highest BCUT2D eigenvalue weighted by Gasteiger charge is 2.35. The Morgan fingerprint density at radius 1 is 0.879 bits per heavy atom. The second-order valence-electron chi connectivity index (χ2n) is 8.10. The van der Waals surface area contributed by atoms with Crippen LogP contribution in [0.25, 0.3) is 6.08 Å². The molecule has 1 amide bonds. The van der Waals surface area contributed by atoms with E-state index in [0.29, 0.717) is 10.1 Å². The van der Waals surface area contributed by atoms with Gasteiger partial charge in [-0.25, -0.2) is 4.99 Å². The van der Waals surface area contributed by atoms with Gasteiger partial charge in [0.2, 0.25) is 0 Å². The van der Waals surface area contributed by atoms with Crippen LogP contribution in [0, 0.1) is 0 Å². The summed E-state index contributed by atoms with van der Waals surface area (Å²) in [5, 5.41) is 0.693. The Labute approximate surface area is 200 Å². The summed E-state index contributed by atoms with van der Waals surface area (Å²) in [5.41, 5.74) is 6.22. The summed E-state index contributed by atoms with van der Waals surface area (Å²) in [5.74, 6) is -0.0367. The average molecular weight is 456 g/mol. The Kier molecular flexibility index (Phi) is 6.99. The zero-order valence-electron chi connectivity index (χ0n) is 19.6. The molecule has 3 aromatic rings. The number of amidine groups is 1. The van der Waals surface area contributed by atoms with Gasteiger partial charge in [-0.1, -0.05) is 62.4 Å². The molecule has 0 unspecified atom stereocenters. The first kappa shape index (κ1) is 22.9. The van der Waals surface area contributed by atoms with E-state index >= 15 is 0 Å². The predicted molar refractivity (Wildman–Crippen MR) is 143 cm³/mol. The lowest BCUT2D eigenvalue weighted by molar-refractivity contribution is -0.113. The van der Waals surface area contributed by atoms with Crippen LogP contribution in [0.2, 0.25) is 0 Å². The molecule has 0 bridgehead atoms. The van der Waals surface area contributed by atoms with Gasteiger partial charge >= 0.3 is 0 Å². The van der Waals surface area contributed by atoms with Crippen LogP contribution in [0.5, 0.6) is 0 Å². The number of hydrogen-bond donors (Lipinski definition) is 0. The van der Waals surface area contributed by atoms with E-state index in [4.69, 9.17) is 4.99 Å². The molecular weight excluding hydrogens is 426 g/mol. The van der Waals surface area contributed by atoms with Crippen molar-refractivity contribution in [2.75, 3.05) is 23.9 Å². The molecule has 33 heavy (non-hydrogen) atoms. The van der Waals surface area contributed by atoms with E-state index in [1.807, 2.05) is 68.7 Å². The minimum absolute atomic E-state index is 0.0367. The molecule has 1 aliphatic heterocycles. The van der Waals surface area contributed by atoms with Crippen LogP contribution >= 0.6 is 11.8 Å². The summed E-state index contributed by atoms with van der Waals surface area (Å²) >= 11 is 1.44. The highest BCUT2D eigenvalue weighted by molar-refractivity contribution is 8.19. The number of aliphatic imine (C=N–C) groups is 1. The maximum Gasteiger partial charge on any atom is 0.271 e. The number of aryl methyl sites for hydroxylation is 2. The molecule has 168 valence electrons. The van der Waals surface area contributed by atoms with E-state index in [0.717, 1.165) is 41.0 Å². The number of thioether (sulfide) groups is 1. The summed E-state index contributed by atoms with van der Waals surface area (Å²) < 4.78 is 0. The number of benzene rings is 3. The smallest absolute Gasteiger partial charge is 0.271 e. The zero-order valence-corrected chi connectivity index (χ0v) is 20.4. The number of para-hydroxylation sites is 2. The quantitative estimate of drug-likeness (QED) is 0.389. The average Bonchev–Trinajstić information content (AvgIpc) is 3.13. The van der Waals surface area contributed by atoms with E-state index in [-0.39, 0.29) is 5.91 Å². The summed E-state index contributed by atoms with van der Waals surface area (Å²) in [6.45, 7) is 4.23. The maximum atomic E-state index is 13.7. The predicted octanol–water partition coefficient (Wildman–Crippen LogP) is 6.69. The van der Waals surface area contributed by atoms with Gasteiger partial charge in [0, 0.05) is 19.8 Å². The molecule has 1 aliphatic rings. The van der Waals surface area contributed by atoms with Crippen molar-refractivity contribution in [3.05, 3.63) is 94.4 Å². The van der Waals surface area contributed by atoms with Gasteiger partial charge in [0.1, 0.15) is 0 Å². The highest BCUT2D eigenvalue weighted by Crippen LogP contribution is 2.39. The second kappa shape index (κ2) is 10.1. The zero-order chi connectivity index (χ0) is 23.4. The van der Waals surface area contributed by atoms with E-state index in [9.17, 15) is 4.79 Å². The van der Waals surface area contributed by atoms with Crippen LogP contribution in [-0.2, 0) is 17.6 Å². The van der Waals surface area contributed by atoms with Crippen LogP contribution in [0.4, 0.5) is 17.1 Å². The molecule has 0 radical (unpaired) electrons. The molecule has 0 atom stereocenters. The fourth-order valence-electron chi connectivity index (χ4n) is 3.83. The number of carbonyl (C=O) groups excluding carboxylic acids is 1. The molecule has 0 aliphatic carbocycles. The Bertz CT molecular complexity index is 1210. The van der Waals surface area contributed by atoms with Crippen molar-refractivity contribution in [2.24, 2.45) is 4.99 Å². The fourth-order valence-corrected chi connectivity index (χ4v) is 4.82. The van der Waals surface area contributed by atoms with E-state index in [1.54, 1.807) is 4.90 Å². The maximum absolute atomic E-state index is 13.7. The third kappa shape index (κ3) is 4.88. The van der Waals surface area contributed by atoms with E-state index in [2.05, 4.69) is 43.0 Å². The van der Waals surface area contributed by atoms with Crippen molar-refractivity contribution in [1.82, 2.24) is 0 Å². The van der Waals surface area contributed by atoms with Crippen molar-refractivity contribution in [2.45, 2.75) is 26.7 Å². The monoisotopic (exact) mass is 455 g/mol. The number of carbonyl (C=O) groups is 1. The first-order chi connectivity index (χ1) is 16.0. The van der Waals surface area contributed by atoms with Gasteiger partial charge < -0.3 is 4.90 Å². The number of nitrogens with zero attached hydrogens (tertiary/aromatic N) is 3. The first-order valence-corrected chi connectivity index (χ1v) is 12.1. The molecular formula is C28H29N3OS. The van der Waals surface area contributed by atoms with Crippen molar-refractivity contribution >= 4 is 46.0 Å². The standard InChI is InChI=1S/C28H29N3OS/c1-5-21-11-7-9-13-24(21)29-28-31(25-14-10-8-12-22(25)6-2)27(32)26(33-28)19-20-15-17-23(18-16-20)30(3)4/h7-19H,5-6H2,1-4H3. The molecule has 4 nitrogen and oxygen atoms in total. The van der Waals surface area contributed by atoms with Gasteiger partial charge in [0.15, 0.2) is 5.17 Å². The number of amides is 1. The van der Waals surface area contributed by atoms with Crippen LogP contribution in [0.1, 0.15) is 30.5 Å². The third-order valence-corrected chi connectivity index (χ3v) is 6.68. The second-order valence-corrected chi connectivity index (χ2v) is 9.11. The van der Waals surface area contributed by atoms with Crippen LogP contribution in [-0.4, -0.2) is 25.2 Å². The summed E-state index contributed by atoms with van der Waals surface area (Å²) in [6.07, 6.45) is 3.69.